The molecule has 0 aliphatic heterocycles. The molecule has 0 radical (unpaired) electrons. The Morgan fingerprint density at radius 1 is 1.03 bits per heavy atom. The van der Waals surface area contributed by atoms with E-state index >= 15 is 0 Å². The predicted octanol–water partition coefficient (Wildman–Crippen LogP) is 5.12. The lowest BCUT2D eigenvalue weighted by molar-refractivity contribution is -0.153. The Morgan fingerprint density at radius 2 is 1.62 bits per heavy atom. The number of hydrogen-bond acceptors (Lipinski definition) is 5. The third-order valence-electron chi connectivity index (χ3n) is 6.17. The van der Waals surface area contributed by atoms with E-state index in [0.717, 1.165) is 31.2 Å². The van der Waals surface area contributed by atoms with E-state index in [0.29, 0.717) is 17.5 Å². The smallest absolute Gasteiger partial charge is 0.320 e. The van der Waals surface area contributed by atoms with Crippen molar-refractivity contribution >= 4 is 27.6 Å². The van der Waals surface area contributed by atoms with Crippen LogP contribution >= 0.6 is 11.6 Å². The molecule has 1 aliphatic carbocycles. The van der Waals surface area contributed by atoms with Gasteiger partial charge in [-0.05, 0) is 87.8 Å². The predicted molar refractivity (Wildman–Crippen MR) is 135 cm³/mol. The van der Waals surface area contributed by atoms with E-state index in [1.807, 2.05) is 20.8 Å². The molecule has 1 saturated carbocycles. The number of nitrogens with zero attached hydrogens (tertiary/aromatic N) is 1. The van der Waals surface area contributed by atoms with Crippen LogP contribution in [0.5, 0.6) is 0 Å². The highest BCUT2D eigenvalue weighted by molar-refractivity contribution is 7.89. The molecule has 0 heterocycles. The molecule has 0 spiro atoms. The van der Waals surface area contributed by atoms with Gasteiger partial charge in [0.1, 0.15) is 5.60 Å². The van der Waals surface area contributed by atoms with Gasteiger partial charge in [0.15, 0.2) is 0 Å². The molecule has 6 nitrogen and oxygen atoms in total. The fraction of sp³-hybridized carbons (Fsp3) is 0.500. The van der Waals surface area contributed by atoms with Gasteiger partial charge in [0, 0.05) is 24.7 Å². The minimum atomic E-state index is -3.53. The number of benzene rings is 2. The summed E-state index contributed by atoms with van der Waals surface area (Å²) in [5.74, 6) is 0.163. The number of carbonyl (C=O) groups excluding carboxylic acids is 1. The molecular weight excluding hydrogens is 472 g/mol. The highest BCUT2D eigenvalue weighted by Crippen LogP contribution is 2.36. The fourth-order valence-corrected chi connectivity index (χ4v) is 5.88. The summed E-state index contributed by atoms with van der Waals surface area (Å²) in [7, 11) is -1.86. The van der Waals surface area contributed by atoms with Gasteiger partial charge in [-0.1, -0.05) is 35.9 Å². The molecule has 8 heteroatoms. The summed E-state index contributed by atoms with van der Waals surface area (Å²) in [4.78, 5) is 12.1. The second-order valence-corrected chi connectivity index (χ2v) is 12.3. The maximum Gasteiger partial charge on any atom is 0.320 e. The monoisotopic (exact) mass is 506 g/mol. The first-order valence-electron chi connectivity index (χ1n) is 11.7. The topological polar surface area (TPSA) is 75.7 Å². The summed E-state index contributed by atoms with van der Waals surface area (Å²) >= 11 is 5.90. The highest BCUT2D eigenvalue weighted by atomic mass is 35.5. The summed E-state index contributed by atoms with van der Waals surface area (Å²) in [6.45, 7) is 6.34. The first-order chi connectivity index (χ1) is 16.0. The van der Waals surface area contributed by atoms with Crippen LogP contribution < -0.4 is 5.32 Å². The molecule has 0 amide bonds. The van der Waals surface area contributed by atoms with E-state index < -0.39 is 15.6 Å². The van der Waals surface area contributed by atoms with Crippen LogP contribution in [0, 0.1) is 0 Å². The minimum absolute atomic E-state index is 0.00624. The van der Waals surface area contributed by atoms with E-state index in [1.165, 1.54) is 9.87 Å². The molecule has 0 aromatic heterocycles. The summed E-state index contributed by atoms with van der Waals surface area (Å²) in [6.07, 6.45) is 3.54. The zero-order chi connectivity index (χ0) is 24.9. The summed E-state index contributed by atoms with van der Waals surface area (Å²) in [5.41, 5.74) is 1.90. The van der Waals surface area contributed by atoms with Crippen LogP contribution in [0.15, 0.2) is 53.4 Å². The number of esters is 1. The van der Waals surface area contributed by atoms with Crippen molar-refractivity contribution in [1.29, 1.82) is 0 Å². The fourth-order valence-electron chi connectivity index (χ4n) is 4.34. The van der Waals surface area contributed by atoms with Gasteiger partial charge in [0.05, 0.1) is 11.4 Å². The first kappa shape index (κ1) is 26.7. The Morgan fingerprint density at radius 3 is 2.18 bits per heavy atom. The molecule has 1 aliphatic rings. The third kappa shape index (κ3) is 7.28. The van der Waals surface area contributed by atoms with E-state index in [1.54, 1.807) is 31.3 Å². The Hall–Kier alpha value is -1.93. The van der Waals surface area contributed by atoms with Crippen molar-refractivity contribution in [3.05, 3.63) is 64.7 Å². The van der Waals surface area contributed by atoms with Crippen molar-refractivity contribution in [2.24, 2.45) is 0 Å². The number of rotatable bonds is 8. The van der Waals surface area contributed by atoms with Crippen LogP contribution in [0.25, 0.3) is 0 Å². The van der Waals surface area contributed by atoms with Crippen molar-refractivity contribution in [3.63, 3.8) is 0 Å². The minimum Gasteiger partial charge on any atom is -0.459 e. The molecule has 34 heavy (non-hydrogen) atoms. The van der Waals surface area contributed by atoms with Gasteiger partial charge in [0.25, 0.3) is 0 Å². The Bertz CT molecular complexity index is 1060. The summed E-state index contributed by atoms with van der Waals surface area (Å²) in [6, 6.07) is 14.8. The van der Waals surface area contributed by atoms with Gasteiger partial charge in [-0.2, -0.15) is 4.31 Å². The highest BCUT2D eigenvalue weighted by Gasteiger charge is 2.31. The van der Waals surface area contributed by atoms with Gasteiger partial charge in [-0.15, -0.1) is 0 Å². The average Bonchev–Trinajstić information content (AvgIpc) is 2.78. The Balaban J connectivity index is 1.49. The lowest BCUT2D eigenvalue weighted by atomic mass is 9.81. The van der Waals surface area contributed by atoms with E-state index in [2.05, 4.69) is 29.6 Å². The van der Waals surface area contributed by atoms with Crippen molar-refractivity contribution in [2.75, 3.05) is 13.6 Å². The molecule has 1 fully saturated rings. The van der Waals surface area contributed by atoms with Crippen LogP contribution in [0.1, 0.15) is 63.5 Å². The second kappa shape index (κ2) is 11.2. The lowest BCUT2D eigenvalue weighted by Crippen LogP contribution is -2.39. The van der Waals surface area contributed by atoms with Crippen LogP contribution in [0.3, 0.4) is 0 Å². The summed E-state index contributed by atoms with van der Waals surface area (Å²) < 4.78 is 32.8. The van der Waals surface area contributed by atoms with E-state index in [-0.39, 0.29) is 23.5 Å². The number of hydrogen-bond donors (Lipinski definition) is 1. The maximum absolute atomic E-state index is 13.0. The van der Waals surface area contributed by atoms with Gasteiger partial charge in [0.2, 0.25) is 10.0 Å². The van der Waals surface area contributed by atoms with Gasteiger partial charge < -0.3 is 10.1 Å². The molecule has 0 unspecified atom stereocenters. The summed E-state index contributed by atoms with van der Waals surface area (Å²) in [5, 5.41) is 3.65. The van der Waals surface area contributed by atoms with Crippen LogP contribution in [-0.2, 0) is 26.1 Å². The van der Waals surface area contributed by atoms with E-state index in [9.17, 15) is 13.2 Å². The largest absolute Gasteiger partial charge is 0.459 e. The number of ether oxygens (including phenoxy) is 1. The number of nitrogens with one attached hydrogen (secondary N) is 1. The molecule has 0 atom stereocenters. The molecule has 2 aromatic rings. The third-order valence-corrected chi connectivity index (χ3v) is 8.35. The molecule has 3 rings (SSSR count). The van der Waals surface area contributed by atoms with E-state index in [4.69, 9.17) is 16.3 Å². The molecule has 0 bridgehead atoms. The van der Waals surface area contributed by atoms with Crippen molar-refractivity contribution in [2.45, 2.75) is 75.5 Å². The SMILES string of the molecule is CN(C1CCC(c2ccc(CNCC(=O)OC(C)(C)C)cc2)CC1)S(=O)(=O)c1ccc(Cl)cc1. The zero-order valence-corrected chi connectivity index (χ0v) is 22.0. The Labute approximate surface area is 208 Å². The lowest BCUT2D eigenvalue weighted by Gasteiger charge is -2.34. The number of halogens is 1. The van der Waals surface area contributed by atoms with Crippen molar-refractivity contribution in [1.82, 2.24) is 9.62 Å². The number of sulfonamides is 1. The van der Waals surface area contributed by atoms with Crippen molar-refractivity contribution < 1.29 is 17.9 Å². The van der Waals surface area contributed by atoms with Gasteiger partial charge in [-0.3, -0.25) is 4.79 Å². The average molecular weight is 507 g/mol. The van der Waals surface area contributed by atoms with Gasteiger partial charge in [-0.25, -0.2) is 8.42 Å². The normalized spacial score (nSPS) is 19.2. The Kier molecular flexibility index (Phi) is 8.79. The molecule has 2 aromatic carbocycles. The number of carbonyl (C=O) groups is 1. The maximum atomic E-state index is 13.0. The van der Waals surface area contributed by atoms with Crippen LogP contribution in [-0.4, -0.2) is 43.9 Å². The zero-order valence-electron chi connectivity index (χ0n) is 20.4. The van der Waals surface area contributed by atoms with Gasteiger partial charge >= 0.3 is 5.97 Å². The van der Waals surface area contributed by atoms with Crippen molar-refractivity contribution in [3.8, 4) is 0 Å². The molecule has 186 valence electrons. The quantitative estimate of drug-likeness (QED) is 0.503. The first-order valence-corrected chi connectivity index (χ1v) is 13.5. The second-order valence-electron chi connectivity index (χ2n) is 9.91. The van der Waals surface area contributed by atoms with Crippen LogP contribution in [0.4, 0.5) is 0 Å². The molecule has 1 N–H and O–H groups in total. The molecular formula is C26H35ClN2O4S. The van der Waals surface area contributed by atoms with Crippen LogP contribution in [0.2, 0.25) is 5.02 Å². The standard InChI is InChI=1S/C26H35ClN2O4S/c1-26(2,3)33-25(30)18-28-17-19-5-7-20(8-6-19)21-9-13-23(14-10-21)29(4)34(31,32)24-15-11-22(27)12-16-24/h5-8,11-12,15-16,21,23,28H,9-10,13-14,17-18H2,1-4H3. The molecule has 0 saturated heterocycles.